The third-order valence-electron chi connectivity index (χ3n) is 3.86. The molecular formula is C19H21N3O2. The molecule has 0 spiro atoms. The lowest BCUT2D eigenvalue weighted by atomic mass is 10.1. The topological polar surface area (TPSA) is 70.2 Å². The molecule has 3 N–H and O–H groups in total. The van der Waals surface area contributed by atoms with Crippen molar-refractivity contribution in [2.24, 2.45) is 0 Å². The Hall–Kier alpha value is -2.82. The number of carbonyl (C=O) groups excluding carboxylic acids is 2. The van der Waals surface area contributed by atoms with Crippen molar-refractivity contribution >= 4 is 17.6 Å². The lowest BCUT2D eigenvalue weighted by molar-refractivity contribution is 0.0954. The summed E-state index contributed by atoms with van der Waals surface area (Å²) in [7, 11) is 0. The summed E-state index contributed by atoms with van der Waals surface area (Å²) in [6, 6.07) is 17.1. The number of carbonyl (C=O) groups is 2. The standard InChI is InChI=1S/C19H21N3O2/c23-18(20-13-12-14-4-2-1-3-5-14)15-6-8-16(9-7-15)21-19(24)22-17-10-11-17/h1-9,17H,10-13H2,(H,20,23)(H2,21,22,24). The van der Waals surface area contributed by atoms with Crippen molar-refractivity contribution in [3.05, 3.63) is 65.7 Å². The highest BCUT2D eigenvalue weighted by Crippen LogP contribution is 2.19. The van der Waals surface area contributed by atoms with Gasteiger partial charge in [0.25, 0.3) is 5.91 Å². The van der Waals surface area contributed by atoms with Gasteiger partial charge in [-0.1, -0.05) is 30.3 Å². The van der Waals surface area contributed by atoms with E-state index < -0.39 is 0 Å². The van der Waals surface area contributed by atoms with Crippen LogP contribution in [0.5, 0.6) is 0 Å². The molecule has 0 heterocycles. The highest BCUT2D eigenvalue weighted by molar-refractivity contribution is 5.95. The molecule has 5 nitrogen and oxygen atoms in total. The quantitative estimate of drug-likeness (QED) is 0.765. The number of hydrogen-bond acceptors (Lipinski definition) is 2. The molecule has 1 aliphatic rings. The molecule has 2 aromatic rings. The summed E-state index contributed by atoms with van der Waals surface area (Å²) >= 11 is 0. The highest BCUT2D eigenvalue weighted by Gasteiger charge is 2.23. The minimum Gasteiger partial charge on any atom is -0.352 e. The molecule has 3 amide bonds. The molecule has 0 saturated heterocycles. The van der Waals surface area contributed by atoms with Gasteiger partial charge < -0.3 is 16.0 Å². The molecule has 3 rings (SSSR count). The predicted molar refractivity (Wildman–Crippen MR) is 94.1 cm³/mol. The molecule has 124 valence electrons. The second-order valence-electron chi connectivity index (χ2n) is 5.94. The molecule has 1 saturated carbocycles. The van der Waals surface area contributed by atoms with Crippen LogP contribution >= 0.6 is 0 Å². The van der Waals surface area contributed by atoms with Crippen LogP contribution in [0, 0.1) is 0 Å². The van der Waals surface area contributed by atoms with E-state index in [-0.39, 0.29) is 11.9 Å². The van der Waals surface area contributed by atoms with E-state index >= 15 is 0 Å². The van der Waals surface area contributed by atoms with Crippen LogP contribution in [0.15, 0.2) is 54.6 Å². The Morgan fingerprint density at radius 1 is 0.958 bits per heavy atom. The third kappa shape index (κ3) is 4.84. The van der Waals surface area contributed by atoms with Gasteiger partial charge in [-0.3, -0.25) is 4.79 Å². The molecule has 0 aromatic heterocycles. The maximum Gasteiger partial charge on any atom is 0.319 e. The molecule has 1 aliphatic carbocycles. The van der Waals surface area contributed by atoms with Crippen LogP contribution in [0.4, 0.5) is 10.5 Å². The monoisotopic (exact) mass is 323 g/mol. The van der Waals surface area contributed by atoms with Crippen LogP contribution < -0.4 is 16.0 Å². The summed E-state index contributed by atoms with van der Waals surface area (Å²) in [6.45, 7) is 0.590. The van der Waals surface area contributed by atoms with Crippen LogP contribution in [0.2, 0.25) is 0 Å². The second-order valence-corrected chi connectivity index (χ2v) is 5.94. The number of benzene rings is 2. The Morgan fingerprint density at radius 3 is 2.33 bits per heavy atom. The van der Waals surface area contributed by atoms with Gasteiger partial charge in [0.05, 0.1) is 0 Å². The number of rotatable bonds is 6. The highest BCUT2D eigenvalue weighted by atomic mass is 16.2. The molecule has 24 heavy (non-hydrogen) atoms. The first kappa shape index (κ1) is 16.1. The van der Waals surface area contributed by atoms with Gasteiger partial charge in [0.1, 0.15) is 0 Å². The van der Waals surface area contributed by atoms with Gasteiger partial charge in [0.2, 0.25) is 0 Å². The predicted octanol–water partition coefficient (Wildman–Crippen LogP) is 2.94. The summed E-state index contributed by atoms with van der Waals surface area (Å²) in [5, 5.41) is 8.52. The van der Waals surface area contributed by atoms with E-state index in [1.54, 1.807) is 24.3 Å². The first-order valence-corrected chi connectivity index (χ1v) is 8.20. The van der Waals surface area contributed by atoms with Crippen LogP contribution in [0.25, 0.3) is 0 Å². The van der Waals surface area contributed by atoms with E-state index in [1.807, 2.05) is 30.3 Å². The van der Waals surface area contributed by atoms with Gasteiger partial charge in [0.15, 0.2) is 0 Å². The third-order valence-corrected chi connectivity index (χ3v) is 3.86. The number of hydrogen-bond donors (Lipinski definition) is 3. The fraction of sp³-hybridized carbons (Fsp3) is 0.263. The molecule has 0 unspecified atom stereocenters. The van der Waals surface area contributed by atoms with E-state index in [0.717, 1.165) is 19.3 Å². The minimum atomic E-state index is -0.197. The van der Waals surface area contributed by atoms with E-state index in [0.29, 0.717) is 23.8 Å². The number of anilines is 1. The molecule has 0 atom stereocenters. The SMILES string of the molecule is O=C(Nc1ccc(C(=O)NCCc2ccccc2)cc1)NC1CC1. The smallest absolute Gasteiger partial charge is 0.319 e. The molecule has 0 aliphatic heterocycles. The summed E-state index contributed by atoms with van der Waals surface area (Å²) < 4.78 is 0. The van der Waals surface area contributed by atoms with Crippen LogP contribution in [-0.4, -0.2) is 24.5 Å². The fourth-order valence-electron chi connectivity index (χ4n) is 2.35. The van der Waals surface area contributed by atoms with Crippen molar-refractivity contribution in [3.63, 3.8) is 0 Å². The van der Waals surface area contributed by atoms with Gasteiger partial charge in [-0.2, -0.15) is 0 Å². The van der Waals surface area contributed by atoms with Crippen LogP contribution in [0.1, 0.15) is 28.8 Å². The Kier molecular flexibility index (Phi) is 5.11. The Morgan fingerprint density at radius 2 is 1.67 bits per heavy atom. The zero-order valence-electron chi connectivity index (χ0n) is 13.4. The van der Waals surface area contributed by atoms with E-state index in [4.69, 9.17) is 0 Å². The largest absolute Gasteiger partial charge is 0.352 e. The Bertz CT molecular complexity index is 694. The number of urea groups is 1. The summed E-state index contributed by atoms with van der Waals surface area (Å²) in [6.07, 6.45) is 2.90. The Balaban J connectivity index is 1.45. The molecule has 1 fully saturated rings. The van der Waals surface area contributed by atoms with Crippen molar-refractivity contribution in [1.82, 2.24) is 10.6 Å². The van der Waals surface area contributed by atoms with E-state index in [2.05, 4.69) is 16.0 Å². The summed E-state index contributed by atoms with van der Waals surface area (Å²) in [5.74, 6) is -0.111. The van der Waals surface area contributed by atoms with Gasteiger partial charge in [-0.15, -0.1) is 0 Å². The minimum absolute atomic E-state index is 0.111. The lowest BCUT2D eigenvalue weighted by Gasteiger charge is -2.08. The molecule has 0 bridgehead atoms. The molecule has 5 heteroatoms. The number of amides is 3. The summed E-state index contributed by atoms with van der Waals surface area (Å²) in [5.41, 5.74) is 2.45. The van der Waals surface area contributed by atoms with E-state index in [9.17, 15) is 9.59 Å². The van der Waals surface area contributed by atoms with Gasteiger partial charge in [0, 0.05) is 23.8 Å². The molecule has 0 radical (unpaired) electrons. The zero-order chi connectivity index (χ0) is 16.8. The van der Waals surface area contributed by atoms with Crippen LogP contribution in [0.3, 0.4) is 0 Å². The van der Waals surface area contributed by atoms with Crippen molar-refractivity contribution in [2.75, 3.05) is 11.9 Å². The zero-order valence-corrected chi connectivity index (χ0v) is 13.4. The van der Waals surface area contributed by atoms with Crippen molar-refractivity contribution in [2.45, 2.75) is 25.3 Å². The lowest BCUT2D eigenvalue weighted by Crippen LogP contribution is -2.30. The van der Waals surface area contributed by atoms with E-state index in [1.165, 1.54) is 5.56 Å². The maximum absolute atomic E-state index is 12.1. The average Bonchev–Trinajstić information content (AvgIpc) is 3.40. The second kappa shape index (κ2) is 7.64. The first-order valence-electron chi connectivity index (χ1n) is 8.20. The summed E-state index contributed by atoms with van der Waals surface area (Å²) in [4.78, 5) is 23.8. The van der Waals surface area contributed by atoms with Gasteiger partial charge >= 0.3 is 6.03 Å². The van der Waals surface area contributed by atoms with Crippen molar-refractivity contribution in [1.29, 1.82) is 0 Å². The average molecular weight is 323 g/mol. The van der Waals surface area contributed by atoms with Crippen molar-refractivity contribution < 1.29 is 9.59 Å². The van der Waals surface area contributed by atoms with Crippen LogP contribution in [-0.2, 0) is 6.42 Å². The fourth-order valence-corrected chi connectivity index (χ4v) is 2.35. The van der Waals surface area contributed by atoms with Crippen molar-refractivity contribution in [3.8, 4) is 0 Å². The molecule has 2 aromatic carbocycles. The first-order chi connectivity index (χ1) is 11.7. The van der Waals surface area contributed by atoms with Gasteiger partial charge in [-0.25, -0.2) is 4.79 Å². The molecular weight excluding hydrogens is 302 g/mol. The Labute approximate surface area is 141 Å². The van der Waals surface area contributed by atoms with Gasteiger partial charge in [-0.05, 0) is 49.1 Å². The normalized spacial score (nSPS) is 13.2. The maximum atomic E-state index is 12.1. The number of nitrogens with one attached hydrogen (secondary N) is 3.